The number of aliphatic hydroxyl groups is 1. The van der Waals surface area contributed by atoms with Gasteiger partial charge in [0, 0.05) is 11.6 Å². The van der Waals surface area contributed by atoms with Crippen LogP contribution in [0.4, 0.5) is 0 Å². The predicted octanol–water partition coefficient (Wildman–Crippen LogP) is 2.92. The van der Waals surface area contributed by atoms with Crippen LogP contribution in [0.25, 0.3) is 10.9 Å². The minimum absolute atomic E-state index is 0.341. The molecule has 2 nitrogen and oxygen atoms in total. The summed E-state index contributed by atoms with van der Waals surface area (Å²) < 4.78 is 0. The van der Waals surface area contributed by atoms with E-state index in [0.717, 1.165) is 22.9 Å². The molecule has 3 atom stereocenters. The van der Waals surface area contributed by atoms with Crippen LogP contribution in [0.5, 0.6) is 0 Å². The van der Waals surface area contributed by atoms with E-state index in [1.807, 2.05) is 24.3 Å². The number of benzene rings is 1. The van der Waals surface area contributed by atoms with E-state index in [0.29, 0.717) is 11.8 Å². The quantitative estimate of drug-likeness (QED) is 0.832. The third-order valence-corrected chi connectivity index (χ3v) is 3.53. The van der Waals surface area contributed by atoms with Gasteiger partial charge in [0.15, 0.2) is 0 Å². The highest BCUT2D eigenvalue weighted by Crippen LogP contribution is 2.46. The Morgan fingerprint density at radius 2 is 2.12 bits per heavy atom. The SMILES string of the molecule is CC1CC1C(O)c1cnc2ccccc2c1. The summed E-state index contributed by atoms with van der Waals surface area (Å²) >= 11 is 0. The van der Waals surface area contributed by atoms with E-state index >= 15 is 0 Å². The lowest BCUT2D eigenvalue weighted by atomic mass is 10.0. The van der Waals surface area contributed by atoms with Crippen LogP contribution in [0.3, 0.4) is 0 Å². The second-order valence-corrected chi connectivity index (χ2v) is 4.78. The molecule has 1 aromatic carbocycles. The summed E-state index contributed by atoms with van der Waals surface area (Å²) in [7, 11) is 0. The van der Waals surface area contributed by atoms with Crippen molar-refractivity contribution in [1.82, 2.24) is 4.98 Å². The number of para-hydroxylation sites is 1. The largest absolute Gasteiger partial charge is 0.388 e. The van der Waals surface area contributed by atoms with Crippen molar-refractivity contribution in [2.75, 3.05) is 0 Å². The van der Waals surface area contributed by atoms with Gasteiger partial charge in [0.25, 0.3) is 0 Å². The fraction of sp³-hybridized carbons (Fsp3) is 0.357. The summed E-state index contributed by atoms with van der Waals surface area (Å²) in [5.74, 6) is 1.09. The third-order valence-electron chi connectivity index (χ3n) is 3.53. The number of fused-ring (bicyclic) bond motifs is 1. The van der Waals surface area contributed by atoms with Crippen LogP contribution >= 0.6 is 0 Å². The maximum absolute atomic E-state index is 10.2. The molecule has 0 bridgehead atoms. The van der Waals surface area contributed by atoms with Gasteiger partial charge < -0.3 is 5.11 Å². The van der Waals surface area contributed by atoms with Crippen molar-refractivity contribution in [3.05, 3.63) is 42.1 Å². The van der Waals surface area contributed by atoms with Gasteiger partial charge in [-0.3, -0.25) is 4.98 Å². The number of pyridine rings is 1. The Bertz CT molecular complexity index is 523. The summed E-state index contributed by atoms with van der Waals surface area (Å²) in [6, 6.07) is 10.1. The highest BCUT2D eigenvalue weighted by Gasteiger charge is 2.39. The van der Waals surface area contributed by atoms with Gasteiger partial charge in [-0.05, 0) is 36.0 Å². The molecule has 1 fully saturated rings. The van der Waals surface area contributed by atoms with Gasteiger partial charge in [-0.2, -0.15) is 0 Å². The van der Waals surface area contributed by atoms with Crippen molar-refractivity contribution in [3.63, 3.8) is 0 Å². The Hall–Kier alpha value is -1.41. The van der Waals surface area contributed by atoms with Gasteiger partial charge in [-0.25, -0.2) is 0 Å². The standard InChI is InChI=1S/C14H15NO/c1-9-6-12(9)14(16)11-7-10-4-2-3-5-13(10)15-8-11/h2-5,7-9,12,14,16H,6H2,1H3. The first kappa shape index (κ1) is 9.79. The van der Waals surface area contributed by atoms with Crippen LogP contribution in [0.2, 0.25) is 0 Å². The molecule has 1 saturated carbocycles. The van der Waals surface area contributed by atoms with Gasteiger partial charge >= 0.3 is 0 Å². The number of aliphatic hydroxyl groups excluding tert-OH is 1. The van der Waals surface area contributed by atoms with Crippen molar-refractivity contribution in [2.24, 2.45) is 11.8 Å². The fourth-order valence-electron chi connectivity index (χ4n) is 2.29. The number of aromatic nitrogens is 1. The van der Waals surface area contributed by atoms with E-state index in [1.54, 1.807) is 6.20 Å². The topological polar surface area (TPSA) is 33.1 Å². The van der Waals surface area contributed by atoms with E-state index in [-0.39, 0.29) is 6.10 Å². The van der Waals surface area contributed by atoms with Crippen LogP contribution < -0.4 is 0 Å². The first-order valence-electron chi connectivity index (χ1n) is 5.78. The van der Waals surface area contributed by atoms with Crippen molar-refractivity contribution in [3.8, 4) is 0 Å². The molecule has 0 saturated heterocycles. The molecule has 0 spiro atoms. The van der Waals surface area contributed by atoms with Crippen molar-refractivity contribution in [1.29, 1.82) is 0 Å². The third kappa shape index (κ3) is 1.59. The summed E-state index contributed by atoms with van der Waals surface area (Å²) in [6.07, 6.45) is 2.60. The normalized spacial score (nSPS) is 25.6. The second kappa shape index (κ2) is 3.56. The zero-order valence-electron chi connectivity index (χ0n) is 9.30. The molecule has 82 valence electrons. The Morgan fingerprint density at radius 1 is 1.38 bits per heavy atom. The molecule has 3 unspecified atom stereocenters. The molecule has 3 rings (SSSR count). The summed E-state index contributed by atoms with van der Waals surface area (Å²) in [6.45, 7) is 2.18. The summed E-state index contributed by atoms with van der Waals surface area (Å²) in [4.78, 5) is 4.38. The molecular formula is C14H15NO. The highest BCUT2D eigenvalue weighted by molar-refractivity contribution is 5.78. The summed E-state index contributed by atoms with van der Waals surface area (Å²) in [5.41, 5.74) is 1.94. The van der Waals surface area contributed by atoms with E-state index < -0.39 is 0 Å². The lowest BCUT2D eigenvalue weighted by Gasteiger charge is -2.10. The van der Waals surface area contributed by atoms with Crippen LogP contribution in [-0.4, -0.2) is 10.1 Å². The number of hydrogen-bond acceptors (Lipinski definition) is 2. The van der Waals surface area contributed by atoms with E-state index in [1.165, 1.54) is 0 Å². The van der Waals surface area contributed by atoms with Crippen LogP contribution in [0.1, 0.15) is 25.0 Å². The number of nitrogens with zero attached hydrogens (tertiary/aromatic N) is 1. The molecule has 16 heavy (non-hydrogen) atoms. The van der Waals surface area contributed by atoms with Crippen molar-refractivity contribution < 1.29 is 5.11 Å². The van der Waals surface area contributed by atoms with Crippen LogP contribution in [-0.2, 0) is 0 Å². The zero-order valence-corrected chi connectivity index (χ0v) is 9.30. The molecule has 0 amide bonds. The van der Waals surface area contributed by atoms with Crippen LogP contribution in [0, 0.1) is 11.8 Å². The first-order valence-corrected chi connectivity index (χ1v) is 5.78. The molecule has 0 radical (unpaired) electrons. The minimum Gasteiger partial charge on any atom is -0.388 e. The molecular weight excluding hydrogens is 198 g/mol. The predicted molar refractivity (Wildman–Crippen MR) is 64.0 cm³/mol. The van der Waals surface area contributed by atoms with Gasteiger partial charge in [0.05, 0.1) is 11.6 Å². The number of rotatable bonds is 2. The van der Waals surface area contributed by atoms with Crippen molar-refractivity contribution in [2.45, 2.75) is 19.4 Å². The van der Waals surface area contributed by atoms with Gasteiger partial charge in [-0.15, -0.1) is 0 Å². The molecule has 1 aromatic heterocycles. The lowest BCUT2D eigenvalue weighted by molar-refractivity contribution is 0.148. The maximum Gasteiger partial charge on any atom is 0.0835 e. The molecule has 1 aliphatic carbocycles. The molecule has 2 aromatic rings. The zero-order chi connectivity index (χ0) is 11.1. The molecule has 2 heteroatoms. The average molecular weight is 213 g/mol. The van der Waals surface area contributed by atoms with E-state index in [9.17, 15) is 5.11 Å². The average Bonchev–Trinajstić information content (AvgIpc) is 3.05. The Kier molecular flexibility index (Phi) is 2.18. The van der Waals surface area contributed by atoms with Gasteiger partial charge in [-0.1, -0.05) is 25.1 Å². The first-order chi connectivity index (χ1) is 7.75. The van der Waals surface area contributed by atoms with Gasteiger partial charge in [0.2, 0.25) is 0 Å². The van der Waals surface area contributed by atoms with Crippen LogP contribution in [0.15, 0.2) is 36.5 Å². The van der Waals surface area contributed by atoms with Crippen molar-refractivity contribution >= 4 is 10.9 Å². The van der Waals surface area contributed by atoms with Gasteiger partial charge in [0.1, 0.15) is 0 Å². The Labute approximate surface area is 94.9 Å². The second-order valence-electron chi connectivity index (χ2n) is 4.78. The Balaban J connectivity index is 1.98. The van der Waals surface area contributed by atoms with E-state index in [4.69, 9.17) is 0 Å². The molecule has 1 aliphatic rings. The monoisotopic (exact) mass is 213 g/mol. The lowest BCUT2D eigenvalue weighted by Crippen LogP contribution is -2.01. The molecule has 1 heterocycles. The molecule has 0 aliphatic heterocycles. The minimum atomic E-state index is -0.341. The smallest absolute Gasteiger partial charge is 0.0835 e. The summed E-state index contributed by atoms with van der Waals surface area (Å²) in [5, 5.41) is 11.3. The number of hydrogen-bond donors (Lipinski definition) is 1. The Morgan fingerprint density at radius 3 is 2.88 bits per heavy atom. The maximum atomic E-state index is 10.2. The highest BCUT2D eigenvalue weighted by atomic mass is 16.3. The molecule has 1 N–H and O–H groups in total. The fourth-order valence-corrected chi connectivity index (χ4v) is 2.29. The van der Waals surface area contributed by atoms with E-state index in [2.05, 4.69) is 18.0 Å².